The number of nitrogens with one attached hydrogen (secondary N) is 1. The van der Waals surface area contributed by atoms with E-state index in [-0.39, 0.29) is 11.8 Å². The molecule has 0 radical (unpaired) electrons. The first kappa shape index (κ1) is 16.1. The van der Waals surface area contributed by atoms with Crippen molar-refractivity contribution in [2.45, 2.75) is 31.6 Å². The normalized spacial score (nSPS) is 12.5. The molecule has 3 N–H and O–H groups in total. The summed E-state index contributed by atoms with van der Waals surface area (Å²) < 4.78 is 0. The Bertz CT molecular complexity index is 407. The summed E-state index contributed by atoms with van der Waals surface area (Å²) in [6.07, 6.45) is 3.50. The van der Waals surface area contributed by atoms with Crippen LogP contribution in [0.25, 0.3) is 0 Å². The van der Waals surface area contributed by atoms with E-state index in [9.17, 15) is 4.79 Å². The molecule has 1 aromatic rings. The van der Waals surface area contributed by atoms with Gasteiger partial charge < -0.3 is 11.1 Å². The summed E-state index contributed by atoms with van der Waals surface area (Å²) in [5.41, 5.74) is 6.62. The van der Waals surface area contributed by atoms with Gasteiger partial charge in [0.1, 0.15) is 0 Å². The number of carbonyl (C=O) groups is 1. The number of para-hydroxylation sites is 1. The van der Waals surface area contributed by atoms with Crippen LogP contribution in [0.5, 0.6) is 0 Å². The van der Waals surface area contributed by atoms with Crippen LogP contribution in [0.15, 0.2) is 29.2 Å². The van der Waals surface area contributed by atoms with E-state index in [0.29, 0.717) is 18.9 Å². The van der Waals surface area contributed by atoms with Gasteiger partial charge in [-0.2, -0.15) is 0 Å². The molecule has 106 valence electrons. The summed E-state index contributed by atoms with van der Waals surface area (Å²) in [6.45, 7) is 4.88. The minimum Gasteiger partial charge on any atom is -0.330 e. The van der Waals surface area contributed by atoms with Crippen molar-refractivity contribution < 1.29 is 4.79 Å². The number of carbonyl (C=O) groups excluding carboxylic acids is 1. The second-order valence-electron chi connectivity index (χ2n) is 5.18. The molecule has 0 saturated heterocycles. The van der Waals surface area contributed by atoms with E-state index in [0.717, 1.165) is 17.0 Å². The summed E-state index contributed by atoms with van der Waals surface area (Å²) in [5.74, 6) is 0.888. The first-order valence-corrected chi connectivity index (χ1v) is 7.92. The molecule has 0 saturated carbocycles. The number of rotatable bonds is 7. The fraction of sp³-hybridized carbons (Fsp3) is 0.533. The highest BCUT2D eigenvalue weighted by Crippen LogP contribution is 2.25. The van der Waals surface area contributed by atoms with Crippen molar-refractivity contribution in [2.75, 3.05) is 18.1 Å². The lowest BCUT2D eigenvalue weighted by atomic mass is 9.94. The number of amides is 1. The van der Waals surface area contributed by atoms with Crippen molar-refractivity contribution >= 4 is 23.4 Å². The van der Waals surface area contributed by atoms with Gasteiger partial charge in [-0.15, -0.1) is 11.8 Å². The van der Waals surface area contributed by atoms with Gasteiger partial charge in [0.25, 0.3) is 0 Å². The smallest absolute Gasteiger partial charge is 0.224 e. The van der Waals surface area contributed by atoms with Gasteiger partial charge >= 0.3 is 0 Å². The van der Waals surface area contributed by atoms with E-state index in [2.05, 4.69) is 19.2 Å². The van der Waals surface area contributed by atoms with Crippen molar-refractivity contribution in [1.29, 1.82) is 0 Å². The van der Waals surface area contributed by atoms with Crippen molar-refractivity contribution in [3.05, 3.63) is 24.3 Å². The van der Waals surface area contributed by atoms with Crippen LogP contribution in [-0.4, -0.2) is 18.7 Å². The largest absolute Gasteiger partial charge is 0.330 e. The van der Waals surface area contributed by atoms with Crippen LogP contribution in [0.2, 0.25) is 0 Å². The third-order valence-corrected chi connectivity index (χ3v) is 3.79. The summed E-state index contributed by atoms with van der Waals surface area (Å²) in [6, 6.07) is 7.85. The van der Waals surface area contributed by atoms with Gasteiger partial charge in [0.05, 0.1) is 5.69 Å². The van der Waals surface area contributed by atoms with Gasteiger partial charge in [-0.05, 0) is 43.2 Å². The molecule has 0 aliphatic rings. The van der Waals surface area contributed by atoms with Gasteiger partial charge in [0.2, 0.25) is 5.91 Å². The second kappa shape index (κ2) is 8.23. The van der Waals surface area contributed by atoms with Crippen LogP contribution >= 0.6 is 11.8 Å². The molecule has 1 rings (SSSR count). The number of nitrogens with two attached hydrogens (primary N) is 1. The molecule has 1 atom stereocenters. The zero-order valence-electron chi connectivity index (χ0n) is 12.0. The summed E-state index contributed by atoms with van der Waals surface area (Å²) in [5, 5.41) is 2.98. The predicted octanol–water partition coefficient (Wildman–Crippen LogP) is 3.36. The fourth-order valence-electron chi connectivity index (χ4n) is 2.14. The van der Waals surface area contributed by atoms with Crippen molar-refractivity contribution in [1.82, 2.24) is 0 Å². The van der Waals surface area contributed by atoms with E-state index in [4.69, 9.17) is 5.73 Å². The van der Waals surface area contributed by atoms with Crippen molar-refractivity contribution in [3.8, 4) is 0 Å². The zero-order chi connectivity index (χ0) is 14.3. The van der Waals surface area contributed by atoms with Crippen molar-refractivity contribution in [3.63, 3.8) is 0 Å². The first-order chi connectivity index (χ1) is 9.06. The van der Waals surface area contributed by atoms with Gasteiger partial charge in [0.15, 0.2) is 0 Å². The monoisotopic (exact) mass is 280 g/mol. The number of hydrogen-bond donors (Lipinski definition) is 2. The van der Waals surface area contributed by atoms with Crippen LogP contribution in [0, 0.1) is 11.8 Å². The highest BCUT2D eigenvalue weighted by atomic mass is 32.2. The third-order valence-electron chi connectivity index (χ3n) is 2.99. The fourth-order valence-corrected chi connectivity index (χ4v) is 2.69. The molecule has 0 spiro atoms. The van der Waals surface area contributed by atoms with Gasteiger partial charge in [-0.3, -0.25) is 4.79 Å². The summed E-state index contributed by atoms with van der Waals surface area (Å²) in [4.78, 5) is 13.1. The quantitative estimate of drug-likeness (QED) is 0.753. The molecule has 0 fully saturated rings. The highest BCUT2D eigenvalue weighted by Gasteiger charge is 2.14. The Hall–Kier alpha value is -1.00. The van der Waals surface area contributed by atoms with Gasteiger partial charge in [-0.1, -0.05) is 26.0 Å². The molecule has 0 aliphatic carbocycles. The van der Waals surface area contributed by atoms with Gasteiger partial charge in [0, 0.05) is 11.3 Å². The molecule has 3 nitrogen and oxygen atoms in total. The maximum absolute atomic E-state index is 12.1. The van der Waals surface area contributed by atoms with Gasteiger partial charge in [-0.25, -0.2) is 0 Å². The van der Waals surface area contributed by atoms with Crippen LogP contribution in [0.3, 0.4) is 0 Å². The number of benzene rings is 1. The lowest BCUT2D eigenvalue weighted by Gasteiger charge is -2.17. The Morgan fingerprint density at radius 2 is 2.05 bits per heavy atom. The van der Waals surface area contributed by atoms with Crippen LogP contribution in [-0.2, 0) is 4.79 Å². The van der Waals surface area contributed by atoms with E-state index < -0.39 is 0 Å². The van der Waals surface area contributed by atoms with E-state index in [1.54, 1.807) is 11.8 Å². The van der Waals surface area contributed by atoms with E-state index in [1.807, 2.05) is 30.5 Å². The first-order valence-electron chi connectivity index (χ1n) is 6.69. The molecule has 0 heterocycles. The topological polar surface area (TPSA) is 55.1 Å². The molecule has 0 aliphatic heterocycles. The van der Waals surface area contributed by atoms with Crippen LogP contribution < -0.4 is 11.1 Å². The van der Waals surface area contributed by atoms with Crippen LogP contribution in [0.4, 0.5) is 5.69 Å². The second-order valence-corrected chi connectivity index (χ2v) is 6.03. The molecule has 1 unspecified atom stereocenters. The Kier molecular flexibility index (Phi) is 6.95. The Morgan fingerprint density at radius 3 is 2.63 bits per heavy atom. The molecular weight excluding hydrogens is 256 g/mol. The Labute approximate surface area is 120 Å². The molecular formula is C15H24N2OS. The molecule has 0 aromatic heterocycles. The molecule has 19 heavy (non-hydrogen) atoms. The number of thioether (sulfide) groups is 1. The Balaban J connectivity index is 2.59. The molecule has 4 heteroatoms. The van der Waals surface area contributed by atoms with E-state index >= 15 is 0 Å². The molecule has 1 aromatic carbocycles. The maximum atomic E-state index is 12.1. The van der Waals surface area contributed by atoms with Crippen molar-refractivity contribution in [2.24, 2.45) is 17.6 Å². The lowest BCUT2D eigenvalue weighted by molar-refractivity contribution is -0.117. The number of hydrogen-bond acceptors (Lipinski definition) is 3. The summed E-state index contributed by atoms with van der Waals surface area (Å²) >= 11 is 1.63. The summed E-state index contributed by atoms with van der Waals surface area (Å²) in [7, 11) is 0. The highest BCUT2D eigenvalue weighted by molar-refractivity contribution is 7.98. The third kappa shape index (κ3) is 5.66. The maximum Gasteiger partial charge on any atom is 0.224 e. The van der Waals surface area contributed by atoms with Crippen LogP contribution in [0.1, 0.15) is 26.7 Å². The number of anilines is 1. The predicted molar refractivity (Wildman–Crippen MR) is 83.5 cm³/mol. The Morgan fingerprint density at radius 1 is 1.37 bits per heavy atom. The lowest BCUT2D eigenvalue weighted by Crippen LogP contribution is -2.23. The standard InChI is InChI=1S/C15H24N2OS/c1-11(2)8-12(10-16)9-15(18)17-13-6-4-5-7-14(13)19-3/h4-7,11-12H,8-10,16H2,1-3H3,(H,17,18). The van der Waals surface area contributed by atoms with E-state index in [1.165, 1.54) is 0 Å². The molecule has 1 amide bonds. The minimum absolute atomic E-state index is 0.0533. The molecule has 0 bridgehead atoms. The average Bonchev–Trinajstić information content (AvgIpc) is 2.38. The average molecular weight is 280 g/mol. The zero-order valence-corrected chi connectivity index (χ0v) is 12.8. The minimum atomic E-state index is 0.0533. The SMILES string of the molecule is CSc1ccccc1NC(=O)CC(CN)CC(C)C.